The summed E-state index contributed by atoms with van der Waals surface area (Å²) in [5, 5.41) is 6.58. The molecule has 0 saturated carbocycles. The standard InChI is InChI=1S/C14H19N5OS/c1-9-7-10(2)18-13(17-9)15-6-4-5-12(20)19-14-16-8-11(3)21-14/h7-8H,4-6H2,1-3H3,(H,15,17,18)(H,16,19,20). The van der Waals surface area contributed by atoms with Crippen molar-refractivity contribution in [2.75, 3.05) is 17.2 Å². The van der Waals surface area contributed by atoms with Gasteiger partial charge < -0.3 is 10.6 Å². The van der Waals surface area contributed by atoms with E-state index in [9.17, 15) is 4.79 Å². The Bertz CT molecular complexity index is 605. The van der Waals surface area contributed by atoms with Gasteiger partial charge in [0.25, 0.3) is 0 Å². The van der Waals surface area contributed by atoms with Crippen molar-refractivity contribution in [2.24, 2.45) is 0 Å². The minimum absolute atomic E-state index is 0.0208. The molecule has 2 heterocycles. The number of rotatable bonds is 6. The molecule has 7 heteroatoms. The molecule has 2 N–H and O–H groups in total. The van der Waals surface area contributed by atoms with E-state index in [0.717, 1.165) is 16.3 Å². The van der Waals surface area contributed by atoms with Crippen LogP contribution in [-0.2, 0) is 4.79 Å². The zero-order valence-corrected chi connectivity index (χ0v) is 13.3. The molecule has 0 unspecified atom stereocenters. The SMILES string of the molecule is Cc1cc(C)nc(NCCCC(=O)Nc2ncc(C)s2)n1. The van der Waals surface area contributed by atoms with Crippen LogP contribution in [0.25, 0.3) is 0 Å². The van der Waals surface area contributed by atoms with Gasteiger partial charge in [0, 0.05) is 35.4 Å². The Morgan fingerprint density at radius 2 is 1.95 bits per heavy atom. The molecule has 0 saturated heterocycles. The van der Waals surface area contributed by atoms with Gasteiger partial charge in [0.2, 0.25) is 11.9 Å². The molecule has 6 nitrogen and oxygen atoms in total. The molecule has 0 aliphatic carbocycles. The number of nitrogens with zero attached hydrogens (tertiary/aromatic N) is 3. The number of carbonyl (C=O) groups is 1. The van der Waals surface area contributed by atoms with Gasteiger partial charge in [0.15, 0.2) is 5.13 Å². The Balaban J connectivity index is 1.70. The number of aryl methyl sites for hydroxylation is 3. The summed E-state index contributed by atoms with van der Waals surface area (Å²) in [5.74, 6) is 0.593. The quantitative estimate of drug-likeness (QED) is 0.802. The molecular weight excluding hydrogens is 286 g/mol. The predicted molar refractivity (Wildman–Crippen MR) is 84.7 cm³/mol. The van der Waals surface area contributed by atoms with Crippen LogP contribution in [0, 0.1) is 20.8 Å². The zero-order chi connectivity index (χ0) is 15.2. The van der Waals surface area contributed by atoms with Gasteiger partial charge in [-0.05, 0) is 33.3 Å². The van der Waals surface area contributed by atoms with Crippen LogP contribution in [0.1, 0.15) is 29.1 Å². The van der Waals surface area contributed by atoms with Crippen LogP contribution >= 0.6 is 11.3 Å². The van der Waals surface area contributed by atoms with E-state index in [4.69, 9.17) is 0 Å². The number of aromatic nitrogens is 3. The number of anilines is 2. The molecule has 0 aliphatic rings. The second kappa shape index (κ2) is 7.12. The summed E-state index contributed by atoms with van der Waals surface area (Å²) in [5.41, 5.74) is 1.86. The van der Waals surface area contributed by atoms with E-state index in [2.05, 4.69) is 25.6 Å². The monoisotopic (exact) mass is 305 g/mol. The molecule has 21 heavy (non-hydrogen) atoms. The minimum Gasteiger partial charge on any atom is -0.354 e. The lowest BCUT2D eigenvalue weighted by Gasteiger charge is -2.06. The summed E-state index contributed by atoms with van der Waals surface area (Å²) in [6.07, 6.45) is 2.90. The molecule has 2 aromatic rings. The highest BCUT2D eigenvalue weighted by Gasteiger charge is 2.05. The Labute approximate surface area is 128 Å². The lowest BCUT2D eigenvalue weighted by atomic mass is 10.3. The summed E-state index contributed by atoms with van der Waals surface area (Å²) in [4.78, 5) is 25.5. The Morgan fingerprint density at radius 3 is 2.57 bits per heavy atom. The summed E-state index contributed by atoms with van der Waals surface area (Å²) < 4.78 is 0. The highest BCUT2D eigenvalue weighted by atomic mass is 32.1. The number of hydrogen-bond donors (Lipinski definition) is 2. The first-order valence-electron chi connectivity index (χ1n) is 6.81. The first-order valence-corrected chi connectivity index (χ1v) is 7.63. The van der Waals surface area contributed by atoms with Crippen molar-refractivity contribution in [3.63, 3.8) is 0 Å². The van der Waals surface area contributed by atoms with Crippen molar-refractivity contribution in [2.45, 2.75) is 33.6 Å². The predicted octanol–water partition coefficient (Wildman–Crippen LogP) is 2.69. The number of nitrogens with one attached hydrogen (secondary N) is 2. The van der Waals surface area contributed by atoms with E-state index in [1.165, 1.54) is 11.3 Å². The molecule has 2 aromatic heterocycles. The van der Waals surface area contributed by atoms with E-state index in [-0.39, 0.29) is 5.91 Å². The average molecular weight is 305 g/mol. The Kier molecular flexibility index (Phi) is 5.21. The van der Waals surface area contributed by atoms with Crippen LogP contribution in [-0.4, -0.2) is 27.4 Å². The van der Waals surface area contributed by atoms with Gasteiger partial charge in [-0.2, -0.15) is 0 Å². The van der Waals surface area contributed by atoms with E-state index >= 15 is 0 Å². The maximum atomic E-state index is 11.7. The van der Waals surface area contributed by atoms with Crippen molar-refractivity contribution < 1.29 is 4.79 Å². The van der Waals surface area contributed by atoms with Gasteiger partial charge in [-0.15, -0.1) is 11.3 Å². The van der Waals surface area contributed by atoms with Crippen molar-refractivity contribution in [3.8, 4) is 0 Å². The van der Waals surface area contributed by atoms with Gasteiger partial charge in [-0.3, -0.25) is 4.79 Å². The molecule has 0 aliphatic heterocycles. The smallest absolute Gasteiger partial charge is 0.226 e. The van der Waals surface area contributed by atoms with Crippen LogP contribution < -0.4 is 10.6 Å². The normalized spacial score (nSPS) is 10.4. The summed E-state index contributed by atoms with van der Waals surface area (Å²) in [7, 11) is 0. The van der Waals surface area contributed by atoms with Gasteiger partial charge >= 0.3 is 0 Å². The molecule has 0 aromatic carbocycles. The van der Waals surface area contributed by atoms with Crippen LogP contribution in [0.4, 0.5) is 11.1 Å². The maximum Gasteiger partial charge on any atom is 0.226 e. The number of thiazole rings is 1. The topological polar surface area (TPSA) is 79.8 Å². The molecular formula is C14H19N5OS. The fourth-order valence-corrected chi connectivity index (χ4v) is 2.53. The number of carbonyl (C=O) groups excluding carboxylic acids is 1. The van der Waals surface area contributed by atoms with Crippen LogP contribution in [0.5, 0.6) is 0 Å². The van der Waals surface area contributed by atoms with Gasteiger partial charge in [-0.1, -0.05) is 0 Å². The second-order valence-electron chi connectivity index (χ2n) is 4.83. The molecule has 2 rings (SSSR count). The third-order valence-electron chi connectivity index (χ3n) is 2.71. The maximum absolute atomic E-state index is 11.7. The molecule has 0 radical (unpaired) electrons. The van der Waals surface area contributed by atoms with E-state index < -0.39 is 0 Å². The zero-order valence-electron chi connectivity index (χ0n) is 12.4. The minimum atomic E-state index is -0.0208. The average Bonchev–Trinajstić information content (AvgIpc) is 2.79. The van der Waals surface area contributed by atoms with Crippen molar-refractivity contribution >= 4 is 28.3 Å². The highest BCUT2D eigenvalue weighted by Crippen LogP contribution is 2.16. The summed E-state index contributed by atoms with van der Waals surface area (Å²) >= 11 is 1.48. The van der Waals surface area contributed by atoms with Gasteiger partial charge in [-0.25, -0.2) is 15.0 Å². The molecule has 0 bridgehead atoms. The summed E-state index contributed by atoms with van der Waals surface area (Å²) in [6.45, 7) is 6.49. The molecule has 0 atom stereocenters. The number of hydrogen-bond acceptors (Lipinski definition) is 6. The second-order valence-corrected chi connectivity index (χ2v) is 6.06. The fourth-order valence-electron chi connectivity index (χ4n) is 1.85. The largest absolute Gasteiger partial charge is 0.354 e. The van der Waals surface area contributed by atoms with E-state index in [1.54, 1.807) is 6.20 Å². The third-order valence-corrected chi connectivity index (χ3v) is 3.54. The van der Waals surface area contributed by atoms with Gasteiger partial charge in [0.05, 0.1) is 0 Å². The first kappa shape index (κ1) is 15.4. The van der Waals surface area contributed by atoms with Crippen molar-refractivity contribution in [1.29, 1.82) is 0 Å². The molecule has 112 valence electrons. The first-order chi connectivity index (χ1) is 10.0. The van der Waals surface area contributed by atoms with Crippen LogP contribution in [0.3, 0.4) is 0 Å². The fraction of sp³-hybridized carbons (Fsp3) is 0.429. The Hall–Kier alpha value is -2.02. The lowest BCUT2D eigenvalue weighted by molar-refractivity contribution is -0.116. The Morgan fingerprint density at radius 1 is 1.24 bits per heavy atom. The highest BCUT2D eigenvalue weighted by molar-refractivity contribution is 7.15. The van der Waals surface area contributed by atoms with Crippen LogP contribution in [0.15, 0.2) is 12.3 Å². The third kappa shape index (κ3) is 5.11. The molecule has 1 amide bonds. The van der Waals surface area contributed by atoms with Crippen molar-refractivity contribution in [1.82, 2.24) is 15.0 Å². The number of amides is 1. The molecule has 0 fully saturated rings. The molecule has 0 spiro atoms. The summed E-state index contributed by atoms with van der Waals surface area (Å²) in [6, 6.07) is 1.93. The van der Waals surface area contributed by atoms with E-state index in [1.807, 2.05) is 26.8 Å². The van der Waals surface area contributed by atoms with Gasteiger partial charge in [0.1, 0.15) is 0 Å². The van der Waals surface area contributed by atoms with E-state index in [0.29, 0.717) is 30.5 Å². The van der Waals surface area contributed by atoms with Crippen molar-refractivity contribution in [3.05, 3.63) is 28.5 Å². The lowest BCUT2D eigenvalue weighted by Crippen LogP contribution is -2.14. The van der Waals surface area contributed by atoms with Crippen LogP contribution in [0.2, 0.25) is 0 Å².